The fourth-order valence-corrected chi connectivity index (χ4v) is 4.84. The number of nitrogens with two attached hydrogens (primary N) is 1. The van der Waals surface area contributed by atoms with E-state index in [1.165, 1.54) is 0 Å². The Hall–Kier alpha value is -0.600. The van der Waals surface area contributed by atoms with Crippen molar-refractivity contribution in [2.45, 2.75) is 45.3 Å². The number of amides is 2. The molecule has 3 rings (SSSR count). The molecule has 1 aliphatic carbocycles. The summed E-state index contributed by atoms with van der Waals surface area (Å²) >= 11 is 0. The van der Waals surface area contributed by atoms with Crippen molar-refractivity contribution >= 4 is 36.6 Å². The zero-order valence-corrected chi connectivity index (χ0v) is 18.2. The second-order valence-electron chi connectivity index (χ2n) is 8.15. The van der Waals surface area contributed by atoms with Crippen LogP contribution in [0.15, 0.2) is 0 Å². The van der Waals surface area contributed by atoms with Gasteiger partial charge < -0.3 is 20.7 Å². The summed E-state index contributed by atoms with van der Waals surface area (Å²) in [7, 11) is 0. The van der Waals surface area contributed by atoms with E-state index in [0.717, 1.165) is 19.4 Å². The van der Waals surface area contributed by atoms with Crippen molar-refractivity contribution < 1.29 is 14.3 Å². The predicted molar refractivity (Wildman–Crippen MR) is 109 cm³/mol. The van der Waals surface area contributed by atoms with Gasteiger partial charge in [-0.25, -0.2) is 0 Å². The molecular weight excluding hydrogens is 391 g/mol. The summed E-state index contributed by atoms with van der Waals surface area (Å²) in [6.07, 6.45) is 2.03. The number of nitrogens with zero attached hydrogens (tertiary/aromatic N) is 2. The Morgan fingerprint density at radius 2 is 1.81 bits per heavy atom. The third-order valence-electron chi connectivity index (χ3n) is 6.44. The van der Waals surface area contributed by atoms with E-state index in [1.807, 2.05) is 11.8 Å². The number of ether oxygens (including phenoxy) is 1. The van der Waals surface area contributed by atoms with Gasteiger partial charge in [0.25, 0.3) is 0 Å². The van der Waals surface area contributed by atoms with E-state index >= 15 is 0 Å². The Bertz CT molecular complexity index is 541. The summed E-state index contributed by atoms with van der Waals surface area (Å²) in [5.74, 6) is 0.221. The number of nitrogens with one attached hydrogen (secondary N) is 1. The number of hydrogen-bond donors (Lipinski definition) is 2. The minimum Gasteiger partial charge on any atom is -0.377 e. The third kappa shape index (κ3) is 4.08. The minimum atomic E-state index is -0.833. The molecule has 2 saturated heterocycles. The topological polar surface area (TPSA) is 87.9 Å². The van der Waals surface area contributed by atoms with Gasteiger partial charge in [0.05, 0.1) is 12.6 Å². The number of likely N-dealkylation sites (N-methyl/N-ethyl adjacent to an activating group) is 1. The Labute approximate surface area is 174 Å². The van der Waals surface area contributed by atoms with E-state index in [-0.39, 0.29) is 54.1 Å². The lowest BCUT2D eigenvalue weighted by Gasteiger charge is -2.66. The van der Waals surface area contributed by atoms with Crippen molar-refractivity contribution in [1.29, 1.82) is 0 Å². The number of halogens is 2. The molecule has 2 aliphatic heterocycles. The number of piperazine rings is 1. The van der Waals surface area contributed by atoms with Gasteiger partial charge in [0.15, 0.2) is 0 Å². The number of carbonyl (C=O) groups excluding carboxylic acids is 2. The van der Waals surface area contributed by atoms with Crippen molar-refractivity contribution in [3.63, 3.8) is 0 Å². The standard InChI is InChI=1S/C18H32N4O3.2ClH/c1-4-20-14(23)12-21-7-9-22(10-8-21)16(24)18(19)13-6-5-11-25-15(13)17(18,2)3;;/h13,15H,4-12,19H2,1-3H3,(H,20,23);2*1H. The molecule has 3 unspecified atom stereocenters. The van der Waals surface area contributed by atoms with Crippen LogP contribution in [-0.2, 0) is 14.3 Å². The average molecular weight is 425 g/mol. The van der Waals surface area contributed by atoms with Gasteiger partial charge in [0.1, 0.15) is 5.54 Å². The molecule has 2 amide bonds. The van der Waals surface area contributed by atoms with Crippen LogP contribution in [0.4, 0.5) is 0 Å². The van der Waals surface area contributed by atoms with Gasteiger partial charge >= 0.3 is 0 Å². The van der Waals surface area contributed by atoms with Crippen LogP contribution in [0, 0.1) is 11.3 Å². The molecule has 0 aromatic rings. The van der Waals surface area contributed by atoms with Gasteiger partial charge in [-0.2, -0.15) is 0 Å². The molecule has 3 fully saturated rings. The molecule has 0 aromatic heterocycles. The highest BCUT2D eigenvalue weighted by molar-refractivity contribution is 5.89. The quantitative estimate of drug-likeness (QED) is 0.691. The van der Waals surface area contributed by atoms with Crippen LogP contribution in [0.5, 0.6) is 0 Å². The zero-order chi connectivity index (χ0) is 18.2. The number of rotatable bonds is 4. The summed E-state index contributed by atoms with van der Waals surface area (Å²) in [5.41, 5.74) is 5.54. The molecule has 7 nitrogen and oxygen atoms in total. The Morgan fingerprint density at radius 3 is 2.41 bits per heavy atom. The van der Waals surface area contributed by atoms with Crippen LogP contribution in [0.1, 0.15) is 33.6 Å². The Kier molecular flexibility index (Phi) is 8.39. The van der Waals surface area contributed by atoms with Crippen LogP contribution in [0.2, 0.25) is 0 Å². The second kappa shape index (κ2) is 9.27. The van der Waals surface area contributed by atoms with Crippen molar-refractivity contribution in [2.75, 3.05) is 45.9 Å². The lowest BCUT2D eigenvalue weighted by atomic mass is 9.46. The average Bonchev–Trinajstić information content (AvgIpc) is 2.61. The molecule has 0 bridgehead atoms. The second-order valence-corrected chi connectivity index (χ2v) is 8.15. The van der Waals surface area contributed by atoms with E-state index in [9.17, 15) is 9.59 Å². The fourth-order valence-electron chi connectivity index (χ4n) is 4.84. The molecular formula is C18H34Cl2N4O3. The highest BCUT2D eigenvalue weighted by atomic mass is 35.5. The van der Waals surface area contributed by atoms with Crippen molar-refractivity contribution in [3.8, 4) is 0 Å². The Morgan fingerprint density at radius 1 is 1.19 bits per heavy atom. The molecule has 3 aliphatic rings. The molecule has 3 N–H and O–H groups in total. The first-order valence-electron chi connectivity index (χ1n) is 9.51. The van der Waals surface area contributed by atoms with Crippen molar-refractivity contribution in [1.82, 2.24) is 15.1 Å². The highest BCUT2D eigenvalue weighted by Gasteiger charge is 2.70. The molecule has 3 atom stereocenters. The summed E-state index contributed by atoms with van der Waals surface area (Å²) in [6.45, 7) is 10.5. The van der Waals surface area contributed by atoms with E-state index < -0.39 is 5.54 Å². The lowest BCUT2D eigenvalue weighted by Crippen LogP contribution is -2.82. The monoisotopic (exact) mass is 424 g/mol. The highest BCUT2D eigenvalue weighted by Crippen LogP contribution is 2.57. The van der Waals surface area contributed by atoms with Gasteiger partial charge in [-0.15, -0.1) is 24.8 Å². The molecule has 0 spiro atoms. The van der Waals surface area contributed by atoms with Crippen LogP contribution in [0.25, 0.3) is 0 Å². The van der Waals surface area contributed by atoms with Gasteiger partial charge in [0.2, 0.25) is 11.8 Å². The van der Waals surface area contributed by atoms with Crippen LogP contribution >= 0.6 is 24.8 Å². The van der Waals surface area contributed by atoms with E-state index in [4.69, 9.17) is 10.5 Å². The molecule has 0 radical (unpaired) electrons. The van der Waals surface area contributed by atoms with Gasteiger partial charge in [0, 0.05) is 50.7 Å². The molecule has 2 heterocycles. The van der Waals surface area contributed by atoms with Gasteiger partial charge in [-0.3, -0.25) is 14.5 Å². The number of fused-ring (bicyclic) bond motifs is 1. The normalized spacial score (nSPS) is 32.2. The maximum Gasteiger partial charge on any atom is 0.243 e. The summed E-state index contributed by atoms with van der Waals surface area (Å²) in [4.78, 5) is 29.0. The van der Waals surface area contributed by atoms with Crippen LogP contribution < -0.4 is 11.1 Å². The van der Waals surface area contributed by atoms with E-state index in [1.54, 1.807) is 0 Å². The lowest BCUT2D eigenvalue weighted by molar-refractivity contribution is -0.230. The zero-order valence-electron chi connectivity index (χ0n) is 16.5. The summed E-state index contributed by atoms with van der Waals surface area (Å²) in [6, 6.07) is 0. The first kappa shape index (κ1) is 24.4. The third-order valence-corrected chi connectivity index (χ3v) is 6.44. The number of hydrogen-bond acceptors (Lipinski definition) is 5. The van der Waals surface area contributed by atoms with Gasteiger partial charge in [-0.05, 0) is 19.8 Å². The predicted octanol–water partition coefficient (Wildman–Crippen LogP) is 0.643. The molecule has 0 aromatic carbocycles. The maximum atomic E-state index is 13.3. The number of carbonyl (C=O) groups is 2. The van der Waals surface area contributed by atoms with E-state index in [0.29, 0.717) is 39.3 Å². The minimum absolute atomic E-state index is 0. The maximum absolute atomic E-state index is 13.3. The molecule has 27 heavy (non-hydrogen) atoms. The Balaban J connectivity index is 0.00000182. The molecule has 1 saturated carbocycles. The smallest absolute Gasteiger partial charge is 0.243 e. The van der Waals surface area contributed by atoms with Crippen LogP contribution in [-0.4, -0.2) is 79.1 Å². The van der Waals surface area contributed by atoms with E-state index in [2.05, 4.69) is 24.1 Å². The van der Waals surface area contributed by atoms with Gasteiger partial charge in [-0.1, -0.05) is 13.8 Å². The first-order valence-corrected chi connectivity index (χ1v) is 9.51. The van der Waals surface area contributed by atoms with Crippen molar-refractivity contribution in [3.05, 3.63) is 0 Å². The fraction of sp³-hybridized carbons (Fsp3) is 0.889. The summed E-state index contributed by atoms with van der Waals surface area (Å²) < 4.78 is 5.91. The first-order chi connectivity index (χ1) is 11.8. The van der Waals surface area contributed by atoms with Crippen LogP contribution in [0.3, 0.4) is 0 Å². The van der Waals surface area contributed by atoms with Crippen molar-refractivity contribution in [2.24, 2.45) is 17.1 Å². The SMILES string of the molecule is CCNC(=O)CN1CCN(C(=O)C2(N)C3CCCOC3C2(C)C)CC1.Cl.Cl. The largest absolute Gasteiger partial charge is 0.377 e. The molecule has 9 heteroatoms. The summed E-state index contributed by atoms with van der Waals surface area (Å²) in [5, 5.41) is 2.82. The molecule has 158 valence electrons.